The van der Waals surface area contributed by atoms with Crippen molar-refractivity contribution in [3.05, 3.63) is 78.1 Å². The number of rotatable bonds is 5. The molecule has 4 rings (SSSR count). The molecule has 0 N–H and O–H groups in total. The van der Waals surface area contributed by atoms with E-state index in [9.17, 15) is 13.2 Å². The molecule has 1 aromatic carbocycles. The molecule has 2 aromatic heterocycles. The van der Waals surface area contributed by atoms with Gasteiger partial charge < -0.3 is 8.83 Å². The Kier molecular flexibility index (Phi) is 4.74. The molecule has 1 unspecified atom stereocenters. The van der Waals surface area contributed by atoms with Crippen LogP contribution in [0, 0.1) is 0 Å². The first-order valence-corrected chi connectivity index (χ1v) is 9.64. The van der Waals surface area contributed by atoms with Crippen LogP contribution in [-0.2, 0) is 10.9 Å². The van der Waals surface area contributed by atoms with E-state index in [4.69, 9.17) is 8.83 Å². The van der Waals surface area contributed by atoms with Crippen molar-refractivity contribution in [1.82, 2.24) is 5.01 Å². The normalized spacial score (nSPS) is 16.4. The Labute approximate surface area is 162 Å². The highest BCUT2D eigenvalue weighted by molar-refractivity contribution is 7.74. The van der Waals surface area contributed by atoms with Crippen molar-refractivity contribution in [3.63, 3.8) is 0 Å². The van der Waals surface area contributed by atoms with E-state index >= 15 is 0 Å². The van der Waals surface area contributed by atoms with Gasteiger partial charge in [-0.25, -0.2) is 13.4 Å². The predicted molar refractivity (Wildman–Crippen MR) is 103 cm³/mol. The molecule has 0 spiro atoms. The molecule has 0 saturated heterocycles. The lowest BCUT2D eigenvalue weighted by Gasteiger charge is -2.18. The predicted octanol–water partition coefficient (Wildman–Crippen LogP) is 2.83. The fourth-order valence-corrected chi connectivity index (χ4v) is 3.37. The van der Waals surface area contributed by atoms with Gasteiger partial charge in [-0.05, 0) is 42.0 Å². The third-order valence-electron chi connectivity index (χ3n) is 4.54. The largest absolute Gasteiger partial charge is 0.467 e. The number of hydrogen-bond donors (Lipinski definition) is 1. The zero-order chi connectivity index (χ0) is 19.7. The van der Waals surface area contributed by atoms with E-state index in [0.717, 1.165) is 9.87 Å². The molecule has 1 atom stereocenters. The van der Waals surface area contributed by atoms with Crippen molar-refractivity contribution >= 4 is 28.2 Å². The average Bonchev–Trinajstić information content (AvgIpc) is 3.48. The van der Waals surface area contributed by atoms with Gasteiger partial charge >= 0.3 is 5.91 Å². The Morgan fingerprint density at radius 2 is 1.82 bits per heavy atom. The Morgan fingerprint density at radius 1 is 1.11 bits per heavy atom. The Bertz CT molecular complexity index is 1060. The molecule has 0 fully saturated rings. The molecule has 3 aromatic rings. The first-order chi connectivity index (χ1) is 13.5. The number of benzene rings is 1. The summed E-state index contributed by atoms with van der Waals surface area (Å²) >= 11 is 0. The van der Waals surface area contributed by atoms with Crippen molar-refractivity contribution in [2.24, 2.45) is 5.10 Å². The van der Waals surface area contributed by atoms with Crippen LogP contribution >= 0.6 is 0 Å². The SMILES string of the molecule is CN(c1ccc(C2=NN(C(=O)c3ccco3)C(c3ccco3)C2)cc1)[SH](=O)=O. The second-order valence-electron chi connectivity index (χ2n) is 6.22. The molecule has 1 aliphatic heterocycles. The number of anilines is 1. The van der Waals surface area contributed by atoms with E-state index in [2.05, 4.69) is 5.10 Å². The van der Waals surface area contributed by atoms with E-state index < -0.39 is 10.9 Å². The van der Waals surface area contributed by atoms with E-state index in [0.29, 0.717) is 23.6 Å². The number of amides is 1. The Balaban J connectivity index is 1.65. The third kappa shape index (κ3) is 3.31. The zero-order valence-corrected chi connectivity index (χ0v) is 15.8. The summed E-state index contributed by atoms with van der Waals surface area (Å²) < 4.78 is 34.1. The van der Waals surface area contributed by atoms with Crippen LogP contribution in [0.2, 0.25) is 0 Å². The third-order valence-corrected chi connectivity index (χ3v) is 5.26. The van der Waals surface area contributed by atoms with Crippen LogP contribution < -0.4 is 4.31 Å². The van der Waals surface area contributed by atoms with Crippen LogP contribution in [0.3, 0.4) is 0 Å². The van der Waals surface area contributed by atoms with Crippen molar-refractivity contribution in [1.29, 1.82) is 0 Å². The fraction of sp³-hybridized carbons (Fsp3) is 0.158. The van der Waals surface area contributed by atoms with Gasteiger partial charge in [-0.1, -0.05) is 12.1 Å². The quantitative estimate of drug-likeness (QED) is 0.666. The molecular weight excluding hydrogens is 382 g/mol. The summed E-state index contributed by atoms with van der Waals surface area (Å²) in [6.07, 6.45) is 3.45. The standard InChI is InChI=1S/C19H17N3O5S/c1-21(28(24)25)14-8-6-13(7-9-14)15-12-16(17-4-2-10-26-17)22(20-15)19(23)18-5-3-11-27-18/h2-11,16,28H,12H2,1H3. The number of furan rings is 2. The number of thiol groups is 1. The van der Waals surface area contributed by atoms with Crippen LogP contribution in [0.5, 0.6) is 0 Å². The number of carbonyl (C=O) groups excluding carboxylic acids is 1. The molecule has 9 heteroatoms. The maximum atomic E-state index is 12.8. The first kappa shape index (κ1) is 18.1. The van der Waals surface area contributed by atoms with Gasteiger partial charge in [0.15, 0.2) is 5.76 Å². The monoisotopic (exact) mass is 399 g/mol. The van der Waals surface area contributed by atoms with E-state index in [-0.39, 0.29) is 17.7 Å². The molecule has 0 radical (unpaired) electrons. The first-order valence-electron chi connectivity index (χ1n) is 8.51. The molecule has 0 bridgehead atoms. The molecule has 28 heavy (non-hydrogen) atoms. The minimum absolute atomic E-state index is 0.192. The maximum absolute atomic E-state index is 12.8. The minimum atomic E-state index is -2.70. The van der Waals surface area contributed by atoms with Gasteiger partial charge in [0, 0.05) is 13.5 Å². The maximum Gasteiger partial charge on any atom is 0.310 e. The smallest absolute Gasteiger partial charge is 0.310 e. The summed E-state index contributed by atoms with van der Waals surface area (Å²) in [6.45, 7) is 0. The van der Waals surface area contributed by atoms with Crippen LogP contribution in [0.15, 0.2) is 75.0 Å². The van der Waals surface area contributed by atoms with Crippen LogP contribution in [-0.4, -0.2) is 32.1 Å². The average molecular weight is 399 g/mol. The van der Waals surface area contributed by atoms with Crippen LogP contribution in [0.25, 0.3) is 0 Å². The second-order valence-corrected chi connectivity index (χ2v) is 7.29. The highest BCUT2D eigenvalue weighted by atomic mass is 32.2. The number of hydrogen-bond acceptors (Lipinski definition) is 6. The summed E-state index contributed by atoms with van der Waals surface area (Å²) in [5.74, 6) is 0.456. The lowest BCUT2D eigenvalue weighted by atomic mass is 10.0. The summed E-state index contributed by atoms with van der Waals surface area (Å²) in [5.41, 5.74) is 2.04. The van der Waals surface area contributed by atoms with Crippen molar-refractivity contribution in [2.75, 3.05) is 11.4 Å². The molecular formula is C19H17N3O5S. The molecule has 144 valence electrons. The van der Waals surface area contributed by atoms with Gasteiger partial charge in [0.05, 0.1) is 23.9 Å². The van der Waals surface area contributed by atoms with Gasteiger partial charge in [0.25, 0.3) is 0 Å². The zero-order valence-electron chi connectivity index (χ0n) is 14.9. The highest BCUT2D eigenvalue weighted by Crippen LogP contribution is 2.34. The van der Waals surface area contributed by atoms with Gasteiger partial charge in [0.2, 0.25) is 10.9 Å². The lowest BCUT2D eigenvalue weighted by molar-refractivity contribution is 0.0660. The molecule has 1 amide bonds. The molecule has 0 saturated carbocycles. The highest BCUT2D eigenvalue weighted by Gasteiger charge is 2.36. The second kappa shape index (κ2) is 7.35. The Hall–Kier alpha value is -3.33. The van der Waals surface area contributed by atoms with Gasteiger partial charge in [-0.2, -0.15) is 5.10 Å². The topological polar surface area (TPSA) is 96.3 Å². The minimum Gasteiger partial charge on any atom is -0.467 e. The van der Waals surface area contributed by atoms with Gasteiger partial charge in [-0.3, -0.25) is 9.10 Å². The summed E-state index contributed by atoms with van der Waals surface area (Å²) in [7, 11) is -1.22. The van der Waals surface area contributed by atoms with E-state index in [1.807, 2.05) is 0 Å². The fourth-order valence-electron chi connectivity index (χ4n) is 3.05. The number of nitrogens with zero attached hydrogens (tertiary/aromatic N) is 3. The van der Waals surface area contributed by atoms with Crippen molar-refractivity contribution in [3.8, 4) is 0 Å². The van der Waals surface area contributed by atoms with Gasteiger partial charge in [0.1, 0.15) is 11.8 Å². The summed E-state index contributed by atoms with van der Waals surface area (Å²) in [4.78, 5) is 12.8. The summed E-state index contributed by atoms with van der Waals surface area (Å²) in [6, 6.07) is 13.4. The molecule has 1 aliphatic rings. The molecule has 0 aliphatic carbocycles. The van der Waals surface area contributed by atoms with E-state index in [1.54, 1.807) is 54.8 Å². The van der Waals surface area contributed by atoms with Crippen molar-refractivity contribution in [2.45, 2.75) is 12.5 Å². The molecule has 3 heterocycles. The van der Waals surface area contributed by atoms with Crippen molar-refractivity contribution < 1.29 is 22.0 Å². The van der Waals surface area contributed by atoms with Crippen LogP contribution in [0.1, 0.15) is 34.3 Å². The molecule has 8 nitrogen and oxygen atoms in total. The Morgan fingerprint density at radius 3 is 2.43 bits per heavy atom. The summed E-state index contributed by atoms with van der Waals surface area (Å²) in [5, 5.41) is 5.87. The van der Waals surface area contributed by atoms with Crippen LogP contribution in [0.4, 0.5) is 5.69 Å². The number of carbonyl (C=O) groups is 1. The lowest BCUT2D eigenvalue weighted by Crippen LogP contribution is -2.26. The van der Waals surface area contributed by atoms with Gasteiger partial charge in [-0.15, -0.1) is 0 Å². The number of hydrazone groups is 1. The van der Waals surface area contributed by atoms with E-state index in [1.165, 1.54) is 18.3 Å².